The number of aromatic nitrogens is 3. The normalized spacial score (nSPS) is 10.1. The molecule has 0 aliphatic carbocycles. The molecule has 0 aromatic carbocycles. The van der Waals surface area contributed by atoms with Gasteiger partial charge in [0, 0.05) is 18.5 Å². The van der Waals surface area contributed by atoms with Crippen molar-refractivity contribution in [3.05, 3.63) is 36.3 Å². The number of pyridine rings is 1. The van der Waals surface area contributed by atoms with E-state index in [9.17, 15) is 4.79 Å². The molecule has 7 nitrogen and oxygen atoms in total. The summed E-state index contributed by atoms with van der Waals surface area (Å²) in [5, 5.41) is 4.00. The Morgan fingerprint density at radius 2 is 2.25 bits per heavy atom. The number of nitrogens with two attached hydrogens (primary N) is 2. The number of nitrogen functional groups attached to an aromatic ring is 1. The maximum atomic E-state index is 10.9. The van der Waals surface area contributed by atoms with Crippen molar-refractivity contribution in [2.75, 3.05) is 5.43 Å². The van der Waals surface area contributed by atoms with Gasteiger partial charge in [0.1, 0.15) is 11.5 Å². The zero-order valence-electron chi connectivity index (χ0n) is 8.29. The van der Waals surface area contributed by atoms with Crippen molar-refractivity contribution in [2.24, 2.45) is 11.6 Å². The number of anilines is 1. The minimum absolute atomic E-state index is 0.207. The SMILES string of the molecule is NNc1cc(-n2ccc(C(N)=O)n2)ccn1. The van der Waals surface area contributed by atoms with Crippen LogP contribution in [0.1, 0.15) is 10.5 Å². The first kappa shape index (κ1) is 10.1. The number of hydrogen-bond acceptors (Lipinski definition) is 5. The van der Waals surface area contributed by atoms with Gasteiger partial charge in [0.25, 0.3) is 5.91 Å². The number of amides is 1. The van der Waals surface area contributed by atoms with Crippen LogP contribution < -0.4 is 17.0 Å². The van der Waals surface area contributed by atoms with Gasteiger partial charge in [0.2, 0.25) is 0 Å². The van der Waals surface area contributed by atoms with Crippen LogP contribution >= 0.6 is 0 Å². The molecule has 0 unspecified atom stereocenters. The Morgan fingerprint density at radius 1 is 1.44 bits per heavy atom. The highest BCUT2D eigenvalue weighted by atomic mass is 16.1. The lowest BCUT2D eigenvalue weighted by Crippen LogP contribution is -2.12. The van der Waals surface area contributed by atoms with Crippen LogP contribution in [-0.2, 0) is 0 Å². The van der Waals surface area contributed by atoms with Gasteiger partial charge in [-0.2, -0.15) is 5.10 Å². The molecule has 0 aliphatic heterocycles. The number of hydrogen-bond donors (Lipinski definition) is 3. The zero-order chi connectivity index (χ0) is 11.5. The quantitative estimate of drug-likeness (QED) is 0.481. The van der Waals surface area contributed by atoms with E-state index in [0.29, 0.717) is 5.82 Å². The third kappa shape index (κ3) is 1.84. The molecule has 2 aromatic heterocycles. The fourth-order valence-electron chi connectivity index (χ4n) is 1.24. The predicted molar refractivity (Wildman–Crippen MR) is 57.7 cm³/mol. The minimum Gasteiger partial charge on any atom is -0.364 e. The molecule has 2 heterocycles. The average Bonchev–Trinajstić information content (AvgIpc) is 2.78. The summed E-state index contributed by atoms with van der Waals surface area (Å²) in [7, 11) is 0. The molecule has 5 N–H and O–H groups in total. The molecule has 1 amide bonds. The number of rotatable bonds is 3. The smallest absolute Gasteiger partial charge is 0.269 e. The molecule has 0 fully saturated rings. The van der Waals surface area contributed by atoms with E-state index in [0.717, 1.165) is 5.69 Å². The van der Waals surface area contributed by atoms with E-state index in [-0.39, 0.29) is 5.69 Å². The first-order chi connectivity index (χ1) is 7.70. The van der Waals surface area contributed by atoms with Gasteiger partial charge in [0.05, 0.1) is 5.69 Å². The van der Waals surface area contributed by atoms with E-state index in [2.05, 4.69) is 15.5 Å². The molecule has 0 radical (unpaired) electrons. The molecule has 0 bridgehead atoms. The van der Waals surface area contributed by atoms with E-state index in [1.807, 2.05) is 0 Å². The van der Waals surface area contributed by atoms with Gasteiger partial charge in [-0.15, -0.1) is 0 Å². The van der Waals surface area contributed by atoms with Crippen molar-refractivity contribution in [1.29, 1.82) is 0 Å². The lowest BCUT2D eigenvalue weighted by molar-refractivity contribution is 0.0995. The van der Waals surface area contributed by atoms with Gasteiger partial charge < -0.3 is 11.2 Å². The molecule has 7 heteroatoms. The lowest BCUT2D eigenvalue weighted by Gasteiger charge is -2.03. The summed E-state index contributed by atoms with van der Waals surface area (Å²) in [4.78, 5) is 14.8. The summed E-state index contributed by atoms with van der Waals surface area (Å²) >= 11 is 0. The van der Waals surface area contributed by atoms with E-state index in [4.69, 9.17) is 11.6 Å². The summed E-state index contributed by atoms with van der Waals surface area (Å²) in [6.45, 7) is 0. The fraction of sp³-hybridized carbons (Fsp3) is 0. The summed E-state index contributed by atoms with van der Waals surface area (Å²) < 4.78 is 1.52. The molecule has 2 aromatic rings. The molecule has 0 atom stereocenters. The Labute approximate surface area is 91.0 Å². The molecule has 0 saturated heterocycles. The van der Waals surface area contributed by atoms with Crippen molar-refractivity contribution in [3.8, 4) is 5.69 Å². The Kier molecular flexibility index (Phi) is 2.52. The van der Waals surface area contributed by atoms with Crippen LogP contribution in [-0.4, -0.2) is 20.7 Å². The summed E-state index contributed by atoms with van der Waals surface area (Å²) in [5.74, 6) is 5.18. The molecule has 82 valence electrons. The highest BCUT2D eigenvalue weighted by Gasteiger charge is 2.06. The highest BCUT2D eigenvalue weighted by molar-refractivity contribution is 5.90. The van der Waals surface area contributed by atoms with Crippen LogP contribution in [0, 0.1) is 0 Å². The number of carbonyl (C=O) groups excluding carboxylic acids is 1. The van der Waals surface area contributed by atoms with Crippen molar-refractivity contribution < 1.29 is 4.79 Å². The third-order valence-corrected chi connectivity index (χ3v) is 2.00. The molecular formula is C9H10N6O. The van der Waals surface area contributed by atoms with Gasteiger partial charge in [-0.1, -0.05) is 0 Å². The first-order valence-corrected chi connectivity index (χ1v) is 4.49. The van der Waals surface area contributed by atoms with Gasteiger partial charge in [-0.25, -0.2) is 15.5 Å². The van der Waals surface area contributed by atoms with Gasteiger partial charge in [0.15, 0.2) is 0 Å². The number of primary amides is 1. The molecule has 16 heavy (non-hydrogen) atoms. The Bertz CT molecular complexity index is 520. The third-order valence-electron chi connectivity index (χ3n) is 2.00. The van der Waals surface area contributed by atoms with Gasteiger partial charge in [-0.3, -0.25) is 4.79 Å². The largest absolute Gasteiger partial charge is 0.364 e. The Balaban J connectivity index is 2.38. The second-order valence-electron chi connectivity index (χ2n) is 3.05. The second-order valence-corrected chi connectivity index (χ2v) is 3.05. The minimum atomic E-state index is -0.565. The van der Waals surface area contributed by atoms with Crippen molar-refractivity contribution in [3.63, 3.8) is 0 Å². The average molecular weight is 218 g/mol. The van der Waals surface area contributed by atoms with Gasteiger partial charge in [-0.05, 0) is 12.1 Å². The van der Waals surface area contributed by atoms with Crippen molar-refractivity contribution in [2.45, 2.75) is 0 Å². The monoisotopic (exact) mass is 218 g/mol. The number of nitrogens with zero attached hydrogens (tertiary/aromatic N) is 3. The van der Waals surface area contributed by atoms with E-state index >= 15 is 0 Å². The van der Waals surface area contributed by atoms with Crippen LogP contribution in [0.2, 0.25) is 0 Å². The molecular weight excluding hydrogens is 208 g/mol. The van der Waals surface area contributed by atoms with Crippen molar-refractivity contribution >= 4 is 11.7 Å². The van der Waals surface area contributed by atoms with Crippen LogP contribution in [0.3, 0.4) is 0 Å². The molecule has 0 aliphatic rings. The Hall–Kier alpha value is -2.41. The van der Waals surface area contributed by atoms with E-state index in [1.54, 1.807) is 24.5 Å². The van der Waals surface area contributed by atoms with Crippen LogP contribution in [0.25, 0.3) is 5.69 Å². The number of carbonyl (C=O) groups is 1. The summed E-state index contributed by atoms with van der Waals surface area (Å²) in [6, 6.07) is 4.97. The highest BCUT2D eigenvalue weighted by Crippen LogP contribution is 2.10. The molecule has 0 saturated carbocycles. The zero-order valence-corrected chi connectivity index (χ0v) is 8.29. The van der Waals surface area contributed by atoms with E-state index in [1.165, 1.54) is 10.7 Å². The molecule has 2 rings (SSSR count). The van der Waals surface area contributed by atoms with Crippen molar-refractivity contribution in [1.82, 2.24) is 14.8 Å². The maximum absolute atomic E-state index is 10.9. The lowest BCUT2D eigenvalue weighted by atomic mass is 10.4. The van der Waals surface area contributed by atoms with Crippen LogP contribution in [0.4, 0.5) is 5.82 Å². The van der Waals surface area contributed by atoms with Crippen LogP contribution in [0.5, 0.6) is 0 Å². The fourth-order valence-corrected chi connectivity index (χ4v) is 1.24. The second kappa shape index (κ2) is 3.99. The maximum Gasteiger partial charge on any atom is 0.269 e. The summed E-state index contributed by atoms with van der Waals surface area (Å²) in [5.41, 5.74) is 8.46. The van der Waals surface area contributed by atoms with Gasteiger partial charge >= 0.3 is 0 Å². The van der Waals surface area contributed by atoms with Crippen LogP contribution in [0.15, 0.2) is 30.6 Å². The summed E-state index contributed by atoms with van der Waals surface area (Å²) in [6.07, 6.45) is 3.21. The van der Waals surface area contributed by atoms with E-state index < -0.39 is 5.91 Å². The first-order valence-electron chi connectivity index (χ1n) is 4.49. The standard InChI is InChI=1S/C9H10N6O/c10-9(16)7-2-4-15(14-7)6-1-3-12-8(5-6)13-11/h1-5H,11H2,(H2,10,16)(H,12,13). The molecule has 0 spiro atoms. The Morgan fingerprint density at radius 3 is 2.88 bits per heavy atom. The predicted octanol–water partition coefficient (Wildman–Crippen LogP) is -0.348. The number of hydrazine groups is 1. The topological polar surface area (TPSA) is 112 Å². The number of nitrogens with one attached hydrogen (secondary N) is 1.